The molecule has 0 aromatic heterocycles. The van der Waals surface area contributed by atoms with E-state index in [4.69, 9.17) is 23.2 Å². The van der Waals surface area contributed by atoms with Crippen molar-refractivity contribution in [1.82, 2.24) is 0 Å². The van der Waals surface area contributed by atoms with Crippen LogP contribution in [0, 0.1) is 0 Å². The van der Waals surface area contributed by atoms with Crippen LogP contribution in [0.1, 0.15) is 6.42 Å². The number of nitrogens with zero attached hydrogens (tertiary/aromatic N) is 1. The standard InChI is InChI=1S/C16H11Cl2NO2S/c17-10-6-11(18)8-12(7-10)19-15(20)9-14(16(19)21)22-13-4-2-1-3-5-13/h1-8,14H,9H2. The van der Waals surface area contributed by atoms with E-state index >= 15 is 0 Å². The van der Waals surface area contributed by atoms with Crippen molar-refractivity contribution in [3.05, 3.63) is 58.6 Å². The van der Waals surface area contributed by atoms with Crippen molar-refractivity contribution in [3.8, 4) is 0 Å². The Kier molecular flexibility index (Phi) is 4.43. The number of amides is 2. The first-order valence-corrected chi connectivity index (χ1v) is 8.23. The van der Waals surface area contributed by atoms with Crippen LogP contribution in [0.4, 0.5) is 5.69 Å². The predicted octanol–water partition coefficient (Wildman–Crippen LogP) is 4.42. The molecule has 3 rings (SSSR count). The molecule has 0 bridgehead atoms. The summed E-state index contributed by atoms with van der Waals surface area (Å²) >= 11 is 13.3. The van der Waals surface area contributed by atoms with Crippen molar-refractivity contribution in [3.63, 3.8) is 0 Å². The normalized spacial score (nSPS) is 18.1. The highest BCUT2D eigenvalue weighted by molar-refractivity contribution is 8.00. The van der Waals surface area contributed by atoms with E-state index in [1.54, 1.807) is 18.2 Å². The molecule has 1 aliphatic heterocycles. The lowest BCUT2D eigenvalue weighted by Crippen LogP contribution is -2.31. The number of hydrogen-bond acceptors (Lipinski definition) is 3. The zero-order valence-electron chi connectivity index (χ0n) is 11.3. The molecular weight excluding hydrogens is 341 g/mol. The smallest absolute Gasteiger partial charge is 0.247 e. The molecule has 0 N–H and O–H groups in total. The van der Waals surface area contributed by atoms with Gasteiger partial charge in [0, 0.05) is 21.4 Å². The van der Waals surface area contributed by atoms with E-state index in [2.05, 4.69) is 0 Å². The van der Waals surface area contributed by atoms with Crippen LogP contribution >= 0.6 is 35.0 Å². The molecule has 3 nitrogen and oxygen atoms in total. The Labute approximate surface area is 142 Å². The molecule has 112 valence electrons. The zero-order valence-corrected chi connectivity index (χ0v) is 13.7. The summed E-state index contributed by atoms with van der Waals surface area (Å²) < 4.78 is 0. The lowest BCUT2D eigenvalue weighted by atomic mass is 10.3. The first kappa shape index (κ1) is 15.4. The number of benzene rings is 2. The van der Waals surface area contributed by atoms with Gasteiger partial charge in [-0.15, -0.1) is 11.8 Å². The molecular formula is C16H11Cl2NO2S. The lowest BCUT2D eigenvalue weighted by molar-refractivity contribution is -0.121. The van der Waals surface area contributed by atoms with Gasteiger partial charge in [-0.25, -0.2) is 4.90 Å². The summed E-state index contributed by atoms with van der Waals surface area (Å²) in [6.45, 7) is 0. The molecule has 2 aromatic rings. The molecule has 1 atom stereocenters. The van der Waals surface area contributed by atoms with Gasteiger partial charge in [0.25, 0.3) is 0 Å². The molecule has 6 heteroatoms. The van der Waals surface area contributed by atoms with E-state index < -0.39 is 5.25 Å². The molecule has 22 heavy (non-hydrogen) atoms. The van der Waals surface area contributed by atoms with Crippen molar-refractivity contribution < 1.29 is 9.59 Å². The Morgan fingerprint density at radius 3 is 2.27 bits per heavy atom. The van der Waals surface area contributed by atoms with E-state index in [9.17, 15) is 9.59 Å². The van der Waals surface area contributed by atoms with Crippen LogP contribution in [0.5, 0.6) is 0 Å². The van der Waals surface area contributed by atoms with Gasteiger partial charge in [0.1, 0.15) is 0 Å². The monoisotopic (exact) mass is 351 g/mol. The summed E-state index contributed by atoms with van der Waals surface area (Å²) in [6, 6.07) is 14.2. The van der Waals surface area contributed by atoms with Gasteiger partial charge < -0.3 is 0 Å². The molecule has 1 saturated heterocycles. The fourth-order valence-electron chi connectivity index (χ4n) is 2.30. The molecule has 1 heterocycles. The van der Waals surface area contributed by atoms with E-state index in [1.165, 1.54) is 16.7 Å². The average Bonchev–Trinajstić information content (AvgIpc) is 2.73. The molecule has 2 aromatic carbocycles. The summed E-state index contributed by atoms with van der Waals surface area (Å²) in [7, 11) is 0. The third kappa shape index (κ3) is 3.14. The van der Waals surface area contributed by atoms with E-state index in [1.807, 2.05) is 30.3 Å². The SMILES string of the molecule is O=C1CC(Sc2ccccc2)C(=O)N1c1cc(Cl)cc(Cl)c1. The second-order valence-electron chi connectivity index (χ2n) is 4.82. The third-order valence-corrected chi connectivity index (χ3v) is 4.87. The van der Waals surface area contributed by atoms with Crippen molar-refractivity contribution in [2.45, 2.75) is 16.6 Å². The summed E-state index contributed by atoms with van der Waals surface area (Å²) in [5.41, 5.74) is 0.420. The van der Waals surface area contributed by atoms with Crippen molar-refractivity contribution in [1.29, 1.82) is 0 Å². The average molecular weight is 352 g/mol. The van der Waals surface area contributed by atoms with Crippen LogP contribution in [0.15, 0.2) is 53.4 Å². The molecule has 2 amide bonds. The molecule has 1 unspecified atom stereocenters. The summed E-state index contributed by atoms with van der Waals surface area (Å²) in [4.78, 5) is 26.9. The molecule has 0 aliphatic carbocycles. The number of halogens is 2. The van der Waals surface area contributed by atoms with E-state index in [0.717, 1.165) is 4.90 Å². The van der Waals surface area contributed by atoms with Gasteiger partial charge in [-0.3, -0.25) is 9.59 Å². The van der Waals surface area contributed by atoms with Gasteiger partial charge in [0.05, 0.1) is 10.9 Å². The third-order valence-electron chi connectivity index (χ3n) is 3.23. The van der Waals surface area contributed by atoms with Crippen molar-refractivity contribution in [2.24, 2.45) is 0 Å². The van der Waals surface area contributed by atoms with Gasteiger partial charge in [0.15, 0.2) is 0 Å². The maximum Gasteiger partial charge on any atom is 0.247 e. The minimum absolute atomic E-state index is 0.169. The van der Waals surface area contributed by atoms with Crippen LogP contribution in [0.2, 0.25) is 10.0 Å². The number of carbonyl (C=O) groups excluding carboxylic acids is 2. The fourth-order valence-corrected chi connectivity index (χ4v) is 3.89. The van der Waals surface area contributed by atoms with Crippen LogP contribution in [-0.2, 0) is 9.59 Å². The second kappa shape index (κ2) is 6.32. The highest BCUT2D eigenvalue weighted by Crippen LogP contribution is 2.35. The highest BCUT2D eigenvalue weighted by atomic mass is 35.5. The molecule has 1 fully saturated rings. The highest BCUT2D eigenvalue weighted by Gasteiger charge is 2.40. The van der Waals surface area contributed by atoms with Crippen LogP contribution in [-0.4, -0.2) is 17.1 Å². The Bertz CT molecular complexity index is 716. The first-order chi connectivity index (χ1) is 10.5. The predicted molar refractivity (Wildman–Crippen MR) is 89.7 cm³/mol. The Morgan fingerprint density at radius 1 is 1.00 bits per heavy atom. The molecule has 0 saturated carbocycles. The Morgan fingerprint density at radius 2 is 1.64 bits per heavy atom. The summed E-state index contributed by atoms with van der Waals surface area (Å²) in [6.07, 6.45) is 0.169. The maximum absolute atomic E-state index is 12.5. The number of carbonyl (C=O) groups is 2. The van der Waals surface area contributed by atoms with Gasteiger partial charge in [-0.1, -0.05) is 41.4 Å². The van der Waals surface area contributed by atoms with Crippen LogP contribution in [0.3, 0.4) is 0 Å². The van der Waals surface area contributed by atoms with Crippen LogP contribution in [0.25, 0.3) is 0 Å². The van der Waals surface area contributed by atoms with E-state index in [0.29, 0.717) is 15.7 Å². The Balaban J connectivity index is 1.85. The van der Waals surface area contributed by atoms with E-state index in [-0.39, 0.29) is 18.2 Å². The van der Waals surface area contributed by atoms with Gasteiger partial charge >= 0.3 is 0 Å². The fraction of sp³-hybridized carbons (Fsp3) is 0.125. The first-order valence-electron chi connectivity index (χ1n) is 6.59. The summed E-state index contributed by atoms with van der Waals surface area (Å²) in [5, 5.41) is 0.359. The van der Waals surface area contributed by atoms with Crippen molar-refractivity contribution in [2.75, 3.05) is 4.90 Å². The maximum atomic E-state index is 12.5. The second-order valence-corrected chi connectivity index (χ2v) is 6.97. The lowest BCUT2D eigenvalue weighted by Gasteiger charge is -2.15. The number of hydrogen-bond donors (Lipinski definition) is 0. The number of rotatable bonds is 3. The topological polar surface area (TPSA) is 37.4 Å². The van der Waals surface area contributed by atoms with Gasteiger partial charge in [-0.05, 0) is 30.3 Å². The molecule has 0 radical (unpaired) electrons. The number of thioether (sulfide) groups is 1. The largest absolute Gasteiger partial charge is 0.274 e. The van der Waals surface area contributed by atoms with Crippen LogP contribution < -0.4 is 4.90 Å². The minimum atomic E-state index is -0.423. The van der Waals surface area contributed by atoms with Crippen molar-refractivity contribution >= 4 is 52.5 Å². The zero-order chi connectivity index (χ0) is 15.7. The van der Waals surface area contributed by atoms with Gasteiger partial charge in [0.2, 0.25) is 11.8 Å². The molecule has 1 aliphatic rings. The molecule has 0 spiro atoms. The quantitative estimate of drug-likeness (QED) is 0.768. The number of imide groups is 1. The minimum Gasteiger partial charge on any atom is -0.274 e. The summed E-state index contributed by atoms with van der Waals surface area (Å²) in [5.74, 6) is -0.478. The number of anilines is 1. The van der Waals surface area contributed by atoms with Gasteiger partial charge in [-0.2, -0.15) is 0 Å². The Hall–Kier alpha value is -1.49.